The number of hydrogen-bond acceptors (Lipinski definition) is 3. The lowest BCUT2D eigenvalue weighted by Crippen LogP contribution is -2.40. The average Bonchev–Trinajstić information content (AvgIpc) is 2.14. The van der Waals surface area contributed by atoms with E-state index in [1.807, 2.05) is 24.3 Å². The van der Waals surface area contributed by atoms with Gasteiger partial charge in [-0.15, -0.1) is 0 Å². The molecule has 0 saturated carbocycles. The van der Waals surface area contributed by atoms with Gasteiger partial charge in [0.15, 0.2) is 6.29 Å². The fraction of sp³-hybridized carbons (Fsp3) is 0.500. The maximum absolute atomic E-state index is 9.38. The van der Waals surface area contributed by atoms with Crippen LogP contribution < -0.4 is 5.32 Å². The summed E-state index contributed by atoms with van der Waals surface area (Å²) in [5.74, 6) is -0.197. The molecule has 1 aromatic rings. The van der Waals surface area contributed by atoms with Crippen molar-refractivity contribution in [2.75, 3.05) is 5.32 Å². The molecular formula is C12H17NO2. The minimum Gasteiger partial charge on any atom is -0.380 e. The molecule has 0 radical (unpaired) electrons. The molecule has 0 amide bonds. The molecule has 1 unspecified atom stereocenters. The van der Waals surface area contributed by atoms with Gasteiger partial charge in [-0.3, -0.25) is 0 Å². The maximum atomic E-state index is 9.38. The van der Waals surface area contributed by atoms with Crippen LogP contribution in [0.5, 0.6) is 0 Å². The molecule has 0 fully saturated rings. The number of nitrogens with one attached hydrogen (secondary N) is 1. The van der Waals surface area contributed by atoms with E-state index in [1.165, 1.54) is 0 Å². The van der Waals surface area contributed by atoms with Gasteiger partial charge in [-0.25, -0.2) is 0 Å². The lowest BCUT2D eigenvalue weighted by molar-refractivity contribution is -0.0657. The van der Waals surface area contributed by atoms with Crippen LogP contribution in [0, 0.1) is 0 Å². The molecule has 15 heavy (non-hydrogen) atoms. The Balaban J connectivity index is 2.43. The van der Waals surface area contributed by atoms with Gasteiger partial charge in [0.1, 0.15) is 0 Å². The average molecular weight is 207 g/mol. The number of fused-ring (bicyclic) bond motifs is 1. The van der Waals surface area contributed by atoms with Gasteiger partial charge in [0.05, 0.1) is 0 Å². The standard InChI is InChI=1S/C12H17NO2/c1-12(2)7-9(11(14)15)8-5-3-4-6-10(8)13-12/h3-6,9,11,13-15H,7H2,1-2H3. The van der Waals surface area contributed by atoms with Crippen LogP contribution in [0.4, 0.5) is 5.69 Å². The number of aliphatic hydroxyl groups excluding tert-OH is 1. The van der Waals surface area contributed by atoms with Gasteiger partial charge >= 0.3 is 0 Å². The summed E-state index contributed by atoms with van der Waals surface area (Å²) in [6.45, 7) is 4.14. The summed E-state index contributed by atoms with van der Waals surface area (Å²) in [6.07, 6.45) is -0.561. The summed E-state index contributed by atoms with van der Waals surface area (Å²) in [5.41, 5.74) is 1.90. The van der Waals surface area contributed by atoms with Crippen molar-refractivity contribution in [3.63, 3.8) is 0 Å². The fourth-order valence-electron chi connectivity index (χ4n) is 2.28. The molecule has 0 bridgehead atoms. The molecule has 3 nitrogen and oxygen atoms in total. The summed E-state index contributed by atoms with van der Waals surface area (Å²) in [5, 5.41) is 22.2. The molecular weight excluding hydrogens is 190 g/mol. The molecule has 1 atom stereocenters. The van der Waals surface area contributed by atoms with Gasteiger partial charge < -0.3 is 15.5 Å². The Morgan fingerprint density at radius 3 is 2.67 bits per heavy atom. The Kier molecular flexibility index (Phi) is 2.44. The lowest BCUT2D eigenvalue weighted by Gasteiger charge is -2.39. The Morgan fingerprint density at radius 1 is 1.33 bits per heavy atom. The SMILES string of the molecule is CC1(C)CC(C(O)O)c2ccccc2N1. The van der Waals surface area contributed by atoms with Crippen molar-refractivity contribution in [1.29, 1.82) is 0 Å². The first-order valence-electron chi connectivity index (χ1n) is 5.23. The molecule has 0 saturated heterocycles. The topological polar surface area (TPSA) is 52.5 Å². The molecule has 1 aromatic carbocycles. The van der Waals surface area contributed by atoms with Crippen molar-refractivity contribution in [2.24, 2.45) is 0 Å². The minimum absolute atomic E-state index is 0.0945. The van der Waals surface area contributed by atoms with Crippen molar-refractivity contribution in [3.05, 3.63) is 29.8 Å². The predicted molar refractivity (Wildman–Crippen MR) is 59.7 cm³/mol. The third kappa shape index (κ3) is 1.98. The Bertz CT molecular complexity index is 360. The third-order valence-corrected chi connectivity index (χ3v) is 2.92. The highest BCUT2D eigenvalue weighted by molar-refractivity contribution is 5.57. The number of rotatable bonds is 1. The van der Waals surface area contributed by atoms with E-state index in [-0.39, 0.29) is 11.5 Å². The second-order valence-electron chi connectivity index (χ2n) is 4.82. The van der Waals surface area contributed by atoms with E-state index in [2.05, 4.69) is 19.2 Å². The molecule has 1 aliphatic heterocycles. The molecule has 82 valence electrons. The van der Waals surface area contributed by atoms with E-state index < -0.39 is 6.29 Å². The quantitative estimate of drug-likeness (QED) is 0.614. The van der Waals surface area contributed by atoms with Gasteiger partial charge in [0.25, 0.3) is 0 Å². The van der Waals surface area contributed by atoms with Crippen LogP contribution in [0.15, 0.2) is 24.3 Å². The van der Waals surface area contributed by atoms with Crippen molar-refractivity contribution < 1.29 is 10.2 Å². The van der Waals surface area contributed by atoms with E-state index in [0.29, 0.717) is 0 Å². The molecule has 0 aromatic heterocycles. The van der Waals surface area contributed by atoms with Crippen LogP contribution in [0.3, 0.4) is 0 Å². The number of para-hydroxylation sites is 1. The summed E-state index contributed by atoms with van der Waals surface area (Å²) in [4.78, 5) is 0. The van der Waals surface area contributed by atoms with E-state index >= 15 is 0 Å². The summed E-state index contributed by atoms with van der Waals surface area (Å²) < 4.78 is 0. The highest BCUT2D eigenvalue weighted by Gasteiger charge is 2.34. The molecule has 0 spiro atoms. The third-order valence-electron chi connectivity index (χ3n) is 2.92. The van der Waals surface area contributed by atoms with Crippen molar-refractivity contribution in [2.45, 2.75) is 38.0 Å². The number of anilines is 1. The predicted octanol–water partition coefficient (Wildman–Crippen LogP) is 1.68. The fourth-order valence-corrected chi connectivity index (χ4v) is 2.28. The smallest absolute Gasteiger partial charge is 0.158 e. The maximum Gasteiger partial charge on any atom is 0.158 e. The molecule has 1 aliphatic rings. The van der Waals surface area contributed by atoms with Gasteiger partial charge in [-0.2, -0.15) is 0 Å². The highest BCUT2D eigenvalue weighted by Crippen LogP contribution is 2.39. The van der Waals surface area contributed by atoms with E-state index in [9.17, 15) is 10.2 Å². The molecule has 0 aliphatic carbocycles. The zero-order valence-corrected chi connectivity index (χ0v) is 9.07. The zero-order chi connectivity index (χ0) is 11.1. The van der Waals surface area contributed by atoms with Gasteiger partial charge in [-0.05, 0) is 31.9 Å². The minimum atomic E-state index is -1.28. The van der Waals surface area contributed by atoms with Crippen LogP contribution in [0.1, 0.15) is 31.7 Å². The van der Waals surface area contributed by atoms with Crippen molar-refractivity contribution in [3.8, 4) is 0 Å². The second-order valence-corrected chi connectivity index (χ2v) is 4.82. The van der Waals surface area contributed by atoms with Crippen LogP contribution >= 0.6 is 0 Å². The monoisotopic (exact) mass is 207 g/mol. The van der Waals surface area contributed by atoms with Gasteiger partial charge in [0, 0.05) is 17.1 Å². The molecule has 2 rings (SSSR count). The largest absolute Gasteiger partial charge is 0.380 e. The number of hydrogen-bond donors (Lipinski definition) is 3. The van der Waals surface area contributed by atoms with E-state index in [4.69, 9.17) is 0 Å². The Labute approximate surface area is 89.8 Å². The Morgan fingerprint density at radius 2 is 2.00 bits per heavy atom. The molecule has 1 heterocycles. The summed E-state index contributed by atoms with van der Waals surface area (Å²) >= 11 is 0. The normalized spacial score (nSPS) is 23.4. The Hall–Kier alpha value is -1.06. The number of aliphatic hydroxyl groups is 2. The van der Waals surface area contributed by atoms with Crippen LogP contribution in [0.2, 0.25) is 0 Å². The molecule has 3 heteroatoms. The van der Waals surface area contributed by atoms with Crippen LogP contribution in [-0.2, 0) is 0 Å². The first-order valence-corrected chi connectivity index (χ1v) is 5.23. The van der Waals surface area contributed by atoms with E-state index in [0.717, 1.165) is 17.7 Å². The van der Waals surface area contributed by atoms with Gasteiger partial charge in [-0.1, -0.05) is 18.2 Å². The van der Waals surface area contributed by atoms with Gasteiger partial charge in [0.2, 0.25) is 0 Å². The highest BCUT2D eigenvalue weighted by atomic mass is 16.5. The van der Waals surface area contributed by atoms with Crippen molar-refractivity contribution in [1.82, 2.24) is 0 Å². The first-order chi connectivity index (χ1) is 6.99. The lowest BCUT2D eigenvalue weighted by atomic mass is 9.80. The zero-order valence-electron chi connectivity index (χ0n) is 9.07. The molecule has 3 N–H and O–H groups in total. The van der Waals surface area contributed by atoms with E-state index in [1.54, 1.807) is 0 Å². The first kappa shape index (κ1) is 10.5. The van der Waals surface area contributed by atoms with Crippen LogP contribution in [0.25, 0.3) is 0 Å². The number of benzene rings is 1. The summed E-state index contributed by atoms with van der Waals surface area (Å²) in [6, 6.07) is 7.80. The van der Waals surface area contributed by atoms with Crippen LogP contribution in [-0.4, -0.2) is 22.0 Å². The summed E-state index contributed by atoms with van der Waals surface area (Å²) in [7, 11) is 0. The second kappa shape index (κ2) is 3.51. The van der Waals surface area contributed by atoms with Crippen molar-refractivity contribution >= 4 is 5.69 Å².